The van der Waals surface area contributed by atoms with Crippen molar-refractivity contribution in [1.29, 1.82) is 0 Å². The van der Waals surface area contributed by atoms with E-state index in [0.29, 0.717) is 6.04 Å². The molecule has 19 heavy (non-hydrogen) atoms. The molecule has 0 bridgehead atoms. The average molecular weight is 264 g/mol. The Balaban J connectivity index is 1.93. The summed E-state index contributed by atoms with van der Waals surface area (Å²) < 4.78 is 5.69. The van der Waals surface area contributed by atoms with Gasteiger partial charge >= 0.3 is 0 Å². The fourth-order valence-corrected chi connectivity index (χ4v) is 3.10. The summed E-state index contributed by atoms with van der Waals surface area (Å²) in [6.07, 6.45) is 3.18. The molecule has 0 amide bonds. The molecule has 1 saturated heterocycles. The van der Waals surface area contributed by atoms with Gasteiger partial charge in [-0.3, -0.25) is 4.90 Å². The van der Waals surface area contributed by atoms with E-state index in [1.807, 2.05) is 6.26 Å². The third kappa shape index (κ3) is 4.36. The summed E-state index contributed by atoms with van der Waals surface area (Å²) in [5, 5.41) is 3.46. The van der Waals surface area contributed by atoms with Crippen LogP contribution in [-0.2, 0) is 13.1 Å². The molecule has 1 aromatic rings. The van der Waals surface area contributed by atoms with Crippen LogP contribution in [0.25, 0.3) is 0 Å². The summed E-state index contributed by atoms with van der Waals surface area (Å²) in [5.74, 6) is 2.74. The molecule has 0 spiro atoms. The van der Waals surface area contributed by atoms with Crippen LogP contribution in [0.1, 0.15) is 45.4 Å². The molecule has 2 unspecified atom stereocenters. The summed E-state index contributed by atoms with van der Waals surface area (Å²) in [4.78, 5) is 2.54. The first-order valence-electron chi connectivity index (χ1n) is 7.55. The van der Waals surface area contributed by atoms with E-state index in [2.05, 4.69) is 44.0 Å². The highest BCUT2D eigenvalue weighted by Crippen LogP contribution is 2.23. The molecule has 0 saturated carbocycles. The lowest BCUT2D eigenvalue weighted by Crippen LogP contribution is -2.38. The second-order valence-electron chi connectivity index (χ2n) is 6.54. The second kappa shape index (κ2) is 6.58. The SMILES string of the molecule is CC1CC(C)CN(Cc2occc2CNC(C)C)C1. The molecule has 2 atom stereocenters. The fraction of sp³-hybridized carbons (Fsp3) is 0.750. The lowest BCUT2D eigenvalue weighted by atomic mass is 9.92. The Morgan fingerprint density at radius 3 is 2.63 bits per heavy atom. The van der Waals surface area contributed by atoms with Crippen molar-refractivity contribution >= 4 is 0 Å². The van der Waals surface area contributed by atoms with Gasteiger partial charge in [-0.25, -0.2) is 0 Å². The summed E-state index contributed by atoms with van der Waals surface area (Å²) in [7, 11) is 0. The maximum absolute atomic E-state index is 5.69. The van der Waals surface area contributed by atoms with Gasteiger partial charge in [-0.1, -0.05) is 27.7 Å². The Bertz CT molecular complexity index is 376. The lowest BCUT2D eigenvalue weighted by molar-refractivity contribution is 0.125. The quantitative estimate of drug-likeness (QED) is 0.885. The number of nitrogens with zero attached hydrogens (tertiary/aromatic N) is 1. The van der Waals surface area contributed by atoms with Gasteiger partial charge in [-0.2, -0.15) is 0 Å². The van der Waals surface area contributed by atoms with Crippen molar-refractivity contribution in [2.75, 3.05) is 13.1 Å². The Hall–Kier alpha value is -0.800. The van der Waals surface area contributed by atoms with Crippen molar-refractivity contribution in [2.24, 2.45) is 11.8 Å². The minimum Gasteiger partial charge on any atom is -0.468 e. The second-order valence-corrected chi connectivity index (χ2v) is 6.54. The molecule has 108 valence electrons. The van der Waals surface area contributed by atoms with Crippen LogP contribution < -0.4 is 5.32 Å². The van der Waals surface area contributed by atoms with E-state index in [1.54, 1.807) is 0 Å². The highest BCUT2D eigenvalue weighted by Gasteiger charge is 2.23. The van der Waals surface area contributed by atoms with Crippen LogP contribution in [0.3, 0.4) is 0 Å². The zero-order valence-corrected chi connectivity index (χ0v) is 12.8. The van der Waals surface area contributed by atoms with Crippen LogP contribution in [0.2, 0.25) is 0 Å². The summed E-state index contributed by atoms with van der Waals surface area (Å²) >= 11 is 0. The Morgan fingerprint density at radius 2 is 2.00 bits per heavy atom. The molecule has 3 nitrogen and oxygen atoms in total. The number of hydrogen-bond donors (Lipinski definition) is 1. The van der Waals surface area contributed by atoms with E-state index in [0.717, 1.165) is 30.7 Å². The monoisotopic (exact) mass is 264 g/mol. The van der Waals surface area contributed by atoms with E-state index in [9.17, 15) is 0 Å². The summed E-state index contributed by atoms with van der Waals surface area (Å²) in [5.41, 5.74) is 1.31. The van der Waals surface area contributed by atoms with Gasteiger partial charge in [-0.05, 0) is 24.3 Å². The van der Waals surface area contributed by atoms with E-state index >= 15 is 0 Å². The van der Waals surface area contributed by atoms with Gasteiger partial charge in [-0.15, -0.1) is 0 Å². The lowest BCUT2D eigenvalue weighted by Gasteiger charge is -2.34. The average Bonchev–Trinajstić information content (AvgIpc) is 2.72. The fourth-order valence-electron chi connectivity index (χ4n) is 3.10. The number of rotatable bonds is 5. The topological polar surface area (TPSA) is 28.4 Å². The first-order valence-corrected chi connectivity index (χ1v) is 7.55. The molecule has 1 fully saturated rings. The number of furan rings is 1. The molecule has 2 rings (SSSR count). The van der Waals surface area contributed by atoms with Crippen LogP contribution in [0.5, 0.6) is 0 Å². The Kier molecular flexibility index (Phi) is 5.06. The van der Waals surface area contributed by atoms with Crippen molar-refractivity contribution in [1.82, 2.24) is 10.2 Å². The molecule has 3 heteroatoms. The van der Waals surface area contributed by atoms with Gasteiger partial charge in [0, 0.05) is 31.2 Å². The minimum absolute atomic E-state index is 0.512. The molecule has 0 radical (unpaired) electrons. The first-order chi connectivity index (χ1) is 9.04. The van der Waals surface area contributed by atoms with Crippen LogP contribution in [-0.4, -0.2) is 24.0 Å². The molecule has 0 aromatic carbocycles. The molecule has 1 aliphatic heterocycles. The standard InChI is InChI=1S/C16H28N2O/c1-12(2)17-8-15-5-6-19-16(15)11-18-9-13(3)7-14(4)10-18/h5-6,12-14,17H,7-11H2,1-4H3. The van der Waals surface area contributed by atoms with Crippen molar-refractivity contribution in [3.05, 3.63) is 23.7 Å². The number of hydrogen-bond acceptors (Lipinski definition) is 3. The predicted molar refractivity (Wildman–Crippen MR) is 78.9 cm³/mol. The van der Waals surface area contributed by atoms with E-state index in [1.165, 1.54) is 25.1 Å². The van der Waals surface area contributed by atoms with Gasteiger partial charge < -0.3 is 9.73 Å². The first kappa shape index (κ1) is 14.6. The third-order valence-corrected chi connectivity index (χ3v) is 3.85. The van der Waals surface area contributed by atoms with Gasteiger partial charge in [0.2, 0.25) is 0 Å². The van der Waals surface area contributed by atoms with E-state index in [4.69, 9.17) is 4.42 Å². The zero-order chi connectivity index (χ0) is 13.8. The number of piperidine rings is 1. The molecular weight excluding hydrogens is 236 g/mol. The zero-order valence-electron chi connectivity index (χ0n) is 12.8. The molecular formula is C16H28N2O. The summed E-state index contributed by atoms with van der Waals surface area (Å²) in [6, 6.07) is 2.61. The van der Waals surface area contributed by atoms with Gasteiger partial charge in [0.15, 0.2) is 0 Å². The van der Waals surface area contributed by atoms with E-state index in [-0.39, 0.29) is 0 Å². The third-order valence-electron chi connectivity index (χ3n) is 3.85. The molecule has 1 aliphatic rings. The number of nitrogens with one attached hydrogen (secondary N) is 1. The molecule has 2 heterocycles. The summed E-state index contributed by atoms with van der Waals surface area (Å²) in [6.45, 7) is 13.3. The molecule has 1 N–H and O–H groups in total. The number of likely N-dealkylation sites (tertiary alicyclic amines) is 1. The molecule has 0 aliphatic carbocycles. The Labute approximate surface area is 117 Å². The van der Waals surface area contributed by atoms with Crippen LogP contribution in [0.15, 0.2) is 16.7 Å². The van der Waals surface area contributed by atoms with Crippen molar-refractivity contribution in [3.63, 3.8) is 0 Å². The molecule has 1 aromatic heterocycles. The maximum Gasteiger partial charge on any atom is 0.122 e. The van der Waals surface area contributed by atoms with Crippen molar-refractivity contribution in [3.8, 4) is 0 Å². The van der Waals surface area contributed by atoms with E-state index < -0.39 is 0 Å². The van der Waals surface area contributed by atoms with Gasteiger partial charge in [0.1, 0.15) is 5.76 Å². The van der Waals surface area contributed by atoms with Crippen LogP contribution in [0, 0.1) is 11.8 Å². The smallest absolute Gasteiger partial charge is 0.122 e. The maximum atomic E-state index is 5.69. The van der Waals surface area contributed by atoms with Gasteiger partial charge in [0.05, 0.1) is 12.8 Å². The Morgan fingerprint density at radius 1 is 1.32 bits per heavy atom. The van der Waals surface area contributed by atoms with Crippen molar-refractivity contribution < 1.29 is 4.42 Å². The normalized spacial score (nSPS) is 25.1. The highest BCUT2D eigenvalue weighted by molar-refractivity contribution is 5.17. The predicted octanol–water partition coefficient (Wildman–Crippen LogP) is 3.26. The van der Waals surface area contributed by atoms with Crippen LogP contribution in [0.4, 0.5) is 0 Å². The van der Waals surface area contributed by atoms with Gasteiger partial charge in [0.25, 0.3) is 0 Å². The minimum atomic E-state index is 0.512. The highest BCUT2D eigenvalue weighted by atomic mass is 16.3. The van der Waals surface area contributed by atoms with Crippen LogP contribution >= 0.6 is 0 Å². The van der Waals surface area contributed by atoms with Crippen molar-refractivity contribution in [2.45, 2.75) is 53.2 Å². The largest absolute Gasteiger partial charge is 0.468 e.